The van der Waals surface area contributed by atoms with Gasteiger partial charge in [0.15, 0.2) is 0 Å². The normalized spacial score (nSPS) is 14.2. The van der Waals surface area contributed by atoms with Gasteiger partial charge in [-0.2, -0.15) is 0 Å². The number of carbonyl (C=O) groups is 3. The number of benzene rings is 1. The lowest BCUT2D eigenvalue weighted by Gasteiger charge is -2.35. The fraction of sp³-hybridized carbons (Fsp3) is 0.500. The Bertz CT molecular complexity index is 715. The van der Waals surface area contributed by atoms with E-state index in [9.17, 15) is 14.4 Å². The minimum atomic E-state index is -0.263. The summed E-state index contributed by atoms with van der Waals surface area (Å²) in [6, 6.07) is 3.38. The smallest absolute Gasteiger partial charge is 0.242 e. The van der Waals surface area contributed by atoms with Gasteiger partial charge in [0.05, 0.1) is 12.8 Å². The molecule has 3 amide bonds. The number of ether oxygens (including phenoxy) is 1. The number of anilines is 1. The molecule has 1 aromatic rings. The van der Waals surface area contributed by atoms with Crippen LogP contribution in [0, 0.1) is 6.92 Å². The van der Waals surface area contributed by atoms with Crippen molar-refractivity contribution in [2.75, 3.05) is 44.7 Å². The van der Waals surface area contributed by atoms with Gasteiger partial charge in [0.1, 0.15) is 12.3 Å². The molecule has 0 atom stereocenters. The van der Waals surface area contributed by atoms with Crippen molar-refractivity contribution in [1.29, 1.82) is 0 Å². The molecule has 0 saturated carbocycles. The first-order valence-corrected chi connectivity index (χ1v) is 8.78. The van der Waals surface area contributed by atoms with Gasteiger partial charge in [0.25, 0.3) is 0 Å². The summed E-state index contributed by atoms with van der Waals surface area (Å²) >= 11 is 6.12. The number of hydrogen-bond donors (Lipinski definition) is 0. The van der Waals surface area contributed by atoms with Crippen molar-refractivity contribution in [3.63, 3.8) is 0 Å². The summed E-state index contributed by atoms with van der Waals surface area (Å²) in [4.78, 5) is 41.0. The second kappa shape index (κ2) is 8.40. The minimum Gasteiger partial charge on any atom is -0.495 e. The van der Waals surface area contributed by atoms with E-state index in [1.54, 1.807) is 21.9 Å². The zero-order valence-electron chi connectivity index (χ0n) is 15.5. The Labute approximate surface area is 158 Å². The molecule has 0 N–H and O–H groups in total. The molecule has 1 aliphatic heterocycles. The van der Waals surface area contributed by atoms with Crippen molar-refractivity contribution in [2.24, 2.45) is 0 Å². The van der Waals surface area contributed by atoms with E-state index in [2.05, 4.69) is 0 Å². The van der Waals surface area contributed by atoms with Crippen LogP contribution in [0.5, 0.6) is 5.75 Å². The predicted molar refractivity (Wildman–Crippen MR) is 99.6 cm³/mol. The van der Waals surface area contributed by atoms with Crippen molar-refractivity contribution in [2.45, 2.75) is 20.8 Å². The van der Waals surface area contributed by atoms with Crippen LogP contribution in [0.15, 0.2) is 12.1 Å². The highest BCUT2D eigenvalue weighted by Crippen LogP contribution is 2.34. The molecule has 1 aromatic carbocycles. The summed E-state index contributed by atoms with van der Waals surface area (Å²) < 4.78 is 5.33. The van der Waals surface area contributed by atoms with Crippen LogP contribution in [0.3, 0.4) is 0 Å². The second-order valence-electron chi connectivity index (χ2n) is 6.27. The third kappa shape index (κ3) is 4.46. The SMILES string of the molecule is COc1cc(Cl)c(C)cc1N(CC(=O)N1CCN(C(C)=O)CC1)C(C)=O. The van der Waals surface area contributed by atoms with Crippen LogP contribution in [-0.2, 0) is 14.4 Å². The molecule has 1 saturated heterocycles. The van der Waals surface area contributed by atoms with Crippen LogP contribution in [-0.4, -0.2) is 67.4 Å². The molecule has 1 fully saturated rings. The van der Waals surface area contributed by atoms with E-state index in [1.807, 2.05) is 6.92 Å². The summed E-state index contributed by atoms with van der Waals surface area (Å²) in [7, 11) is 1.49. The van der Waals surface area contributed by atoms with Crippen molar-refractivity contribution in [3.8, 4) is 5.75 Å². The summed E-state index contributed by atoms with van der Waals surface area (Å²) in [5.74, 6) is 0.00707. The van der Waals surface area contributed by atoms with E-state index in [0.29, 0.717) is 42.6 Å². The topological polar surface area (TPSA) is 70.2 Å². The Morgan fingerprint density at radius 1 is 1.12 bits per heavy atom. The van der Waals surface area contributed by atoms with E-state index < -0.39 is 0 Å². The molecule has 1 aliphatic rings. The van der Waals surface area contributed by atoms with Gasteiger partial charge in [0, 0.05) is 51.1 Å². The third-order valence-corrected chi connectivity index (χ3v) is 4.91. The van der Waals surface area contributed by atoms with Gasteiger partial charge in [-0.1, -0.05) is 11.6 Å². The van der Waals surface area contributed by atoms with E-state index in [4.69, 9.17) is 16.3 Å². The zero-order valence-corrected chi connectivity index (χ0v) is 16.3. The van der Waals surface area contributed by atoms with Crippen LogP contribution in [0.4, 0.5) is 5.69 Å². The average molecular weight is 382 g/mol. The molecule has 0 aromatic heterocycles. The Balaban J connectivity index is 2.17. The van der Waals surface area contributed by atoms with Crippen molar-refractivity contribution in [3.05, 3.63) is 22.7 Å². The Morgan fingerprint density at radius 2 is 1.69 bits per heavy atom. The van der Waals surface area contributed by atoms with Gasteiger partial charge in [0.2, 0.25) is 17.7 Å². The summed E-state index contributed by atoms with van der Waals surface area (Å²) in [6.07, 6.45) is 0. The molecule has 0 spiro atoms. The molecule has 2 rings (SSSR count). The lowest BCUT2D eigenvalue weighted by atomic mass is 10.1. The zero-order chi connectivity index (χ0) is 19.4. The van der Waals surface area contributed by atoms with E-state index in [0.717, 1.165) is 5.56 Å². The molecule has 7 nitrogen and oxygen atoms in total. The highest BCUT2D eigenvalue weighted by molar-refractivity contribution is 6.31. The van der Waals surface area contributed by atoms with Crippen LogP contribution in [0.25, 0.3) is 0 Å². The molecular formula is C18H24ClN3O4. The molecule has 0 bridgehead atoms. The van der Waals surface area contributed by atoms with Gasteiger partial charge >= 0.3 is 0 Å². The third-order valence-electron chi connectivity index (χ3n) is 4.50. The van der Waals surface area contributed by atoms with E-state index in [-0.39, 0.29) is 24.3 Å². The molecular weight excluding hydrogens is 358 g/mol. The first-order chi connectivity index (χ1) is 12.2. The summed E-state index contributed by atoms with van der Waals surface area (Å²) in [6.45, 7) is 6.59. The monoisotopic (exact) mass is 381 g/mol. The number of rotatable bonds is 4. The lowest BCUT2D eigenvalue weighted by Crippen LogP contribution is -2.52. The predicted octanol–water partition coefficient (Wildman–Crippen LogP) is 1.70. The molecule has 0 aliphatic carbocycles. The number of methoxy groups -OCH3 is 1. The van der Waals surface area contributed by atoms with Crippen LogP contribution >= 0.6 is 11.6 Å². The summed E-state index contributed by atoms with van der Waals surface area (Å²) in [5.41, 5.74) is 1.30. The molecule has 26 heavy (non-hydrogen) atoms. The van der Waals surface area contributed by atoms with Crippen LogP contribution in [0.2, 0.25) is 5.02 Å². The summed E-state index contributed by atoms with van der Waals surface area (Å²) in [5, 5.41) is 0.529. The number of nitrogens with zero attached hydrogens (tertiary/aromatic N) is 3. The number of hydrogen-bond acceptors (Lipinski definition) is 4. The Morgan fingerprint density at radius 3 is 2.19 bits per heavy atom. The molecule has 8 heteroatoms. The maximum atomic E-state index is 12.7. The molecule has 0 unspecified atom stereocenters. The highest BCUT2D eigenvalue weighted by Gasteiger charge is 2.26. The van der Waals surface area contributed by atoms with Crippen molar-refractivity contribution in [1.82, 2.24) is 9.80 Å². The Kier molecular flexibility index (Phi) is 6.47. The standard InChI is InChI=1S/C18H24ClN3O4/c1-12-9-16(17(26-4)10-15(12)19)22(14(3)24)11-18(25)21-7-5-20(6-8-21)13(2)23/h9-10H,5-8,11H2,1-4H3. The van der Waals surface area contributed by atoms with Gasteiger partial charge < -0.3 is 14.5 Å². The van der Waals surface area contributed by atoms with Gasteiger partial charge in [-0.05, 0) is 18.6 Å². The van der Waals surface area contributed by atoms with Crippen molar-refractivity contribution >= 4 is 35.0 Å². The number of piperazine rings is 1. The largest absolute Gasteiger partial charge is 0.495 e. The lowest BCUT2D eigenvalue weighted by molar-refractivity contribution is -0.137. The highest BCUT2D eigenvalue weighted by atomic mass is 35.5. The maximum Gasteiger partial charge on any atom is 0.242 e. The minimum absolute atomic E-state index is 0.00355. The van der Waals surface area contributed by atoms with E-state index >= 15 is 0 Å². The van der Waals surface area contributed by atoms with Crippen LogP contribution in [0.1, 0.15) is 19.4 Å². The molecule has 1 heterocycles. The van der Waals surface area contributed by atoms with Gasteiger partial charge in [-0.3, -0.25) is 19.3 Å². The maximum absolute atomic E-state index is 12.7. The second-order valence-corrected chi connectivity index (χ2v) is 6.67. The van der Waals surface area contributed by atoms with Gasteiger partial charge in [-0.25, -0.2) is 0 Å². The number of aryl methyl sites for hydroxylation is 1. The fourth-order valence-corrected chi connectivity index (χ4v) is 3.05. The number of halogens is 1. The first kappa shape index (κ1) is 20.0. The number of carbonyl (C=O) groups excluding carboxylic acids is 3. The number of amides is 3. The Hall–Kier alpha value is -2.28. The molecule has 142 valence electrons. The van der Waals surface area contributed by atoms with E-state index in [1.165, 1.54) is 25.9 Å². The van der Waals surface area contributed by atoms with Crippen LogP contribution < -0.4 is 9.64 Å². The molecule has 0 radical (unpaired) electrons. The fourth-order valence-electron chi connectivity index (χ4n) is 2.89. The van der Waals surface area contributed by atoms with Gasteiger partial charge in [-0.15, -0.1) is 0 Å². The average Bonchev–Trinajstić information content (AvgIpc) is 2.61. The van der Waals surface area contributed by atoms with Crippen molar-refractivity contribution < 1.29 is 19.1 Å². The first-order valence-electron chi connectivity index (χ1n) is 8.40. The quantitative estimate of drug-likeness (QED) is 0.796.